The second-order valence-corrected chi connectivity index (χ2v) is 6.56. The van der Waals surface area contributed by atoms with E-state index in [0.29, 0.717) is 18.4 Å². The third kappa shape index (κ3) is 7.51. The van der Waals surface area contributed by atoms with E-state index in [1.165, 1.54) is 5.56 Å². The van der Waals surface area contributed by atoms with Gasteiger partial charge in [0.2, 0.25) is 5.91 Å². The molecule has 0 aromatic heterocycles. The number of benzene rings is 1. The zero-order chi connectivity index (χ0) is 17.9. The van der Waals surface area contributed by atoms with E-state index in [2.05, 4.69) is 51.7 Å². The summed E-state index contributed by atoms with van der Waals surface area (Å²) in [5, 5.41) is 6.74. The van der Waals surface area contributed by atoms with Crippen LogP contribution in [0.5, 0.6) is 0 Å². The van der Waals surface area contributed by atoms with Crippen molar-refractivity contribution >= 4 is 35.8 Å². The molecular weight excluding hydrogens is 439 g/mol. The van der Waals surface area contributed by atoms with Crippen LogP contribution in [0, 0.1) is 0 Å². The molecule has 1 heterocycles. The van der Waals surface area contributed by atoms with Crippen LogP contribution in [0.3, 0.4) is 0 Å². The Bertz CT molecular complexity index is 550. The second-order valence-electron chi connectivity index (χ2n) is 6.56. The number of likely N-dealkylation sites (tertiary alicyclic amines) is 1. The van der Waals surface area contributed by atoms with Crippen molar-refractivity contribution in [1.82, 2.24) is 15.5 Å². The van der Waals surface area contributed by atoms with E-state index < -0.39 is 0 Å². The number of nitrogens with zero attached hydrogens (tertiary/aromatic N) is 2. The van der Waals surface area contributed by atoms with Gasteiger partial charge in [0.1, 0.15) is 0 Å². The molecule has 1 aliphatic heterocycles. The molecule has 1 unspecified atom stereocenters. The second kappa shape index (κ2) is 12.9. The van der Waals surface area contributed by atoms with Gasteiger partial charge in [0.05, 0.1) is 0 Å². The van der Waals surface area contributed by atoms with Crippen LogP contribution in [0.4, 0.5) is 0 Å². The standard InChI is InChI=1S/C20H32N4O.HI/c1-3-18(24-16-8-12-19(24)25)13-15-23-20(21-2)22-14-7-11-17-9-5-4-6-10-17;/h4-6,9-10,18H,3,7-8,11-16H2,1-2H3,(H2,21,22,23);1H. The molecule has 1 amide bonds. The molecule has 1 atom stereocenters. The Hall–Kier alpha value is -1.31. The fraction of sp³-hybridized carbons (Fsp3) is 0.600. The van der Waals surface area contributed by atoms with Gasteiger partial charge in [-0.05, 0) is 37.7 Å². The van der Waals surface area contributed by atoms with Gasteiger partial charge in [0, 0.05) is 39.1 Å². The largest absolute Gasteiger partial charge is 0.356 e. The molecule has 5 nitrogen and oxygen atoms in total. The molecular formula is C20H33IN4O. The number of halogens is 1. The summed E-state index contributed by atoms with van der Waals surface area (Å²) in [6.07, 6.45) is 5.84. The highest BCUT2D eigenvalue weighted by Gasteiger charge is 2.26. The van der Waals surface area contributed by atoms with Crippen LogP contribution in [0.1, 0.15) is 44.6 Å². The fourth-order valence-electron chi connectivity index (χ4n) is 3.36. The Morgan fingerprint density at radius 3 is 2.58 bits per heavy atom. The maximum atomic E-state index is 11.9. The summed E-state index contributed by atoms with van der Waals surface area (Å²) in [6.45, 7) is 4.81. The fourth-order valence-corrected chi connectivity index (χ4v) is 3.36. The van der Waals surface area contributed by atoms with Crippen LogP contribution >= 0.6 is 24.0 Å². The molecule has 146 valence electrons. The van der Waals surface area contributed by atoms with Crippen LogP contribution in [-0.4, -0.2) is 49.5 Å². The van der Waals surface area contributed by atoms with Crippen molar-refractivity contribution in [3.05, 3.63) is 35.9 Å². The Morgan fingerprint density at radius 1 is 1.23 bits per heavy atom. The van der Waals surface area contributed by atoms with Crippen molar-refractivity contribution in [2.45, 2.75) is 51.5 Å². The van der Waals surface area contributed by atoms with Gasteiger partial charge in [-0.3, -0.25) is 9.79 Å². The van der Waals surface area contributed by atoms with Crippen molar-refractivity contribution < 1.29 is 4.79 Å². The van der Waals surface area contributed by atoms with Crippen LogP contribution in [0.2, 0.25) is 0 Å². The lowest BCUT2D eigenvalue weighted by atomic mass is 10.1. The number of carbonyl (C=O) groups is 1. The molecule has 1 saturated heterocycles. The zero-order valence-electron chi connectivity index (χ0n) is 16.0. The molecule has 2 N–H and O–H groups in total. The quantitative estimate of drug-likeness (QED) is 0.251. The minimum atomic E-state index is 0. The minimum absolute atomic E-state index is 0. The number of hydrogen-bond acceptors (Lipinski definition) is 2. The number of amides is 1. The van der Waals surface area contributed by atoms with Crippen molar-refractivity contribution in [3.63, 3.8) is 0 Å². The van der Waals surface area contributed by atoms with E-state index in [4.69, 9.17) is 0 Å². The maximum Gasteiger partial charge on any atom is 0.222 e. The lowest BCUT2D eigenvalue weighted by Crippen LogP contribution is -2.42. The van der Waals surface area contributed by atoms with E-state index in [0.717, 1.165) is 57.7 Å². The predicted molar refractivity (Wildman–Crippen MR) is 119 cm³/mol. The molecule has 0 saturated carbocycles. The third-order valence-corrected chi connectivity index (χ3v) is 4.79. The van der Waals surface area contributed by atoms with Crippen molar-refractivity contribution in [1.29, 1.82) is 0 Å². The summed E-state index contributed by atoms with van der Waals surface area (Å²) in [4.78, 5) is 18.2. The molecule has 1 aliphatic rings. The van der Waals surface area contributed by atoms with E-state index in [-0.39, 0.29) is 24.0 Å². The SMILES string of the molecule is CCC(CCNC(=NC)NCCCc1ccccc1)N1CCCC1=O.I. The van der Waals surface area contributed by atoms with Crippen LogP contribution in [-0.2, 0) is 11.2 Å². The summed E-state index contributed by atoms with van der Waals surface area (Å²) >= 11 is 0. The molecule has 26 heavy (non-hydrogen) atoms. The summed E-state index contributed by atoms with van der Waals surface area (Å²) < 4.78 is 0. The lowest BCUT2D eigenvalue weighted by Gasteiger charge is -2.27. The Labute approximate surface area is 175 Å². The summed E-state index contributed by atoms with van der Waals surface area (Å²) in [6, 6.07) is 10.9. The molecule has 0 spiro atoms. The predicted octanol–water partition coefficient (Wildman–Crippen LogP) is 3.19. The minimum Gasteiger partial charge on any atom is -0.356 e. The van der Waals surface area contributed by atoms with Crippen molar-refractivity contribution in [2.24, 2.45) is 4.99 Å². The van der Waals surface area contributed by atoms with Gasteiger partial charge < -0.3 is 15.5 Å². The maximum absolute atomic E-state index is 11.9. The average Bonchev–Trinajstić information content (AvgIpc) is 3.07. The number of rotatable bonds is 9. The normalized spacial score (nSPS) is 15.5. The van der Waals surface area contributed by atoms with Gasteiger partial charge in [-0.25, -0.2) is 0 Å². The van der Waals surface area contributed by atoms with Gasteiger partial charge in [-0.2, -0.15) is 0 Å². The average molecular weight is 472 g/mol. The van der Waals surface area contributed by atoms with Crippen molar-refractivity contribution in [2.75, 3.05) is 26.7 Å². The molecule has 0 aliphatic carbocycles. The van der Waals surface area contributed by atoms with E-state index in [1.54, 1.807) is 7.05 Å². The number of carbonyl (C=O) groups excluding carboxylic acids is 1. The Morgan fingerprint density at radius 2 is 1.96 bits per heavy atom. The van der Waals surface area contributed by atoms with Gasteiger partial charge in [-0.1, -0.05) is 37.3 Å². The number of guanidine groups is 1. The first-order chi connectivity index (χ1) is 12.2. The number of nitrogens with one attached hydrogen (secondary N) is 2. The van der Waals surface area contributed by atoms with E-state index in [1.807, 2.05) is 6.07 Å². The topological polar surface area (TPSA) is 56.7 Å². The van der Waals surface area contributed by atoms with Gasteiger partial charge in [-0.15, -0.1) is 24.0 Å². The molecule has 1 aromatic carbocycles. The first-order valence-electron chi connectivity index (χ1n) is 9.52. The molecule has 0 radical (unpaired) electrons. The highest BCUT2D eigenvalue weighted by Crippen LogP contribution is 2.17. The summed E-state index contributed by atoms with van der Waals surface area (Å²) in [5.41, 5.74) is 1.37. The van der Waals surface area contributed by atoms with Gasteiger partial charge >= 0.3 is 0 Å². The number of aliphatic imine (C=N–C) groups is 1. The third-order valence-electron chi connectivity index (χ3n) is 4.79. The first kappa shape index (κ1) is 22.7. The molecule has 6 heteroatoms. The van der Waals surface area contributed by atoms with E-state index >= 15 is 0 Å². The smallest absolute Gasteiger partial charge is 0.222 e. The van der Waals surface area contributed by atoms with Gasteiger partial charge in [0.15, 0.2) is 5.96 Å². The van der Waals surface area contributed by atoms with Crippen LogP contribution < -0.4 is 10.6 Å². The summed E-state index contributed by atoms with van der Waals surface area (Å²) in [5.74, 6) is 1.16. The monoisotopic (exact) mass is 472 g/mol. The Balaban J connectivity index is 0.00000338. The first-order valence-corrected chi connectivity index (χ1v) is 9.52. The lowest BCUT2D eigenvalue weighted by molar-refractivity contribution is -0.129. The molecule has 1 fully saturated rings. The van der Waals surface area contributed by atoms with Crippen molar-refractivity contribution in [3.8, 4) is 0 Å². The van der Waals surface area contributed by atoms with Gasteiger partial charge in [0.25, 0.3) is 0 Å². The molecule has 1 aromatic rings. The van der Waals surface area contributed by atoms with Crippen LogP contribution in [0.25, 0.3) is 0 Å². The zero-order valence-corrected chi connectivity index (χ0v) is 18.4. The number of hydrogen-bond donors (Lipinski definition) is 2. The number of aryl methyl sites for hydroxylation is 1. The van der Waals surface area contributed by atoms with Crippen LogP contribution in [0.15, 0.2) is 35.3 Å². The van der Waals surface area contributed by atoms with E-state index in [9.17, 15) is 4.79 Å². The molecule has 0 bridgehead atoms. The highest BCUT2D eigenvalue weighted by atomic mass is 127. The highest BCUT2D eigenvalue weighted by molar-refractivity contribution is 14.0. The molecule has 2 rings (SSSR count). The Kier molecular flexibility index (Phi) is 11.3. The summed E-state index contributed by atoms with van der Waals surface area (Å²) in [7, 11) is 1.80.